The van der Waals surface area contributed by atoms with Crippen LogP contribution in [0.15, 0.2) is 23.1 Å². The molecule has 0 aromatic carbocycles. The monoisotopic (exact) mass is 242 g/mol. The van der Waals surface area contributed by atoms with Crippen molar-refractivity contribution in [3.63, 3.8) is 0 Å². The van der Waals surface area contributed by atoms with Crippen LogP contribution < -0.4 is 10.9 Å². The maximum absolute atomic E-state index is 11.4. The molecule has 1 aromatic rings. The summed E-state index contributed by atoms with van der Waals surface area (Å²) in [6, 6.07) is 3.01. The van der Waals surface area contributed by atoms with Gasteiger partial charge in [-0.05, 0) is 12.5 Å². The summed E-state index contributed by atoms with van der Waals surface area (Å²) < 4.78 is 1.54. The van der Waals surface area contributed by atoms with Crippen molar-refractivity contribution in [2.45, 2.75) is 26.3 Å². The van der Waals surface area contributed by atoms with Crippen LogP contribution >= 0.6 is 11.6 Å². The van der Waals surface area contributed by atoms with E-state index in [1.54, 1.807) is 23.8 Å². The van der Waals surface area contributed by atoms with E-state index < -0.39 is 0 Å². The molecule has 1 aromatic heterocycles. The predicted molar refractivity (Wildman–Crippen MR) is 63.6 cm³/mol. The van der Waals surface area contributed by atoms with Gasteiger partial charge in [0, 0.05) is 31.8 Å². The van der Waals surface area contributed by atoms with Crippen LogP contribution in [0.4, 0.5) is 0 Å². The summed E-state index contributed by atoms with van der Waals surface area (Å²) in [5, 5.41) is 3.29. The van der Waals surface area contributed by atoms with Crippen LogP contribution in [-0.2, 0) is 11.3 Å². The summed E-state index contributed by atoms with van der Waals surface area (Å²) in [6.45, 7) is 2.94. The van der Waals surface area contributed by atoms with E-state index in [9.17, 15) is 9.59 Å². The summed E-state index contributed by atoms with van der Waals surface area (Å²) in [7, 11) is 0. The molecule has 0 aliphatic heterocycles. The van der Waals surface area contributed by atoms with E-state index in [4.69, 9.17) is 11.6 Å². The summed E-state index contributed by atoms with van der Waals surface area (Å²) >= 11 is 5.77. The van der Waals surface area contributed by atoms with Crippen LogP contribution in [0.25, 0.3) is 0 Å². The van der Waals surface area contributed by atoms with Gasteiger partial charge in [0.2, 0.25) is 5.91 Å². The number of aryl methyl sites for hydroxylation is 1. The first kappa shape index (κ1) is 12.8. The highest BCUT2D eigenvalue weighted by Gasteiger charge is 1.98. The number of rotatable bonds is 5. The molecule has 0 atom stereocenters. The minimum absolute atomic E-state index is 0.0263. The lowest BCUT2D eigenvalue weighted by molar-refractivity contribution is -0.120. The molecule has 1 N–H and O–H groups in total. The molecule has 1 amide bonds. The van der Waals surface area contributed by atoms with E-state index in [1.807, 2.05) is 0 Å². The number of carbonyl (C=O) groups excluding carboxylic acids is 1. The smallest absolute Gasteiger partial charge is 0.250 e. The van der Waals surface area contributed by atoms with Crippen molar-refractivity contribution < 1.29 is 4.79 Å². The van der Waals surface area contributed by atoms with Gasteiger partial charge in [-0.1, -0.05) is 18.5 Å². The fourth-order valence-corrected chi connectivity index (χ4v) is 1.46. The van der Waals surface area contributed by atoms with Gasteiger partial charge in [-0.15, -0.1) is 0 Å². The van der Waals surface area contributed by atoms with Gasteiger partial charge in [0.25, 0.3) is 5.56 Å². The topological polar surface area (TPSA) is 51.1 Å². The van der Waals surface area contributed by atoms with Gasteiger partial charge in [0.15, 0.2) is 0 Å². The van der Waals surface area contributed by atoms with E-state index in [2.05, 4.69) is 5.32 Å². The molecule has 1 rings (SSSR count). The Morgan fingerprint density at radius 1 is 1.50 bits per heavy atom. The quantitative estimate of drug-likeness (QED) is 0.794. The molecule has 0 bridgehead atoms. The number of nitrogens with zero attached hydrogens (tertiary/aromatic N) is 1. The second kappa shape index (κ2) is 6.33. The first-order valence-electron chi connectivity index (χ1n) is 5.26. The third-order valence-electron chi connectivity index (χ3n) is 2.17. The van der Waals surface area contributed by atoms with Gasteiger partial charge in [0.05, 0.1) is 5.02 Å². The molecule has 0 saturated heterocycles. The Morgan fingerprint density at radius 2 is 2.25 bits per heavy atom. The lowest BCUT2D eigenvalue weighted by atomic mass is 10.3. The van der Waals surface area contributed by atoms with E-state index >= 15 is 0 Å². The molecule has 0 fully saturated rings. The summed E-state index contributed by atoms with van der Waals surface area (Å²) in [4.78, 5) is 22.3. The van der Waals surface area contributed by atoms with Gasteiger partial charge < -0.3 is 9.88 Å². The summed E-state index contributed by atoms with van der Waals surface area (Å²) in [6.07, 6.45) is 2.80. The Labute approximate surface area is 99.2 Å². The number of carbonyl (C=O) groups is 1. The zero-order chi connectivity index (χ0) is 12.0. The van der Waals surface area contributed by atoms with Crippen molar-refractivity contribution >= 4 is 17.5 Å². The molecule has 4 nitrogen and oxygen atoms in total. The fourth-order valence-electron chi connectivity index (χ4n) is 1.28. The SMILES string of the molecule is CCC(=O)NCCCn1cc(Cl)ccc1=O. The molecule has 1 heterocycles. The molecule has 0 aliphatic carbocycles. The lowest BCUT2D eigenvalue weighted by Crippen LogP contribution is -2.26. The normalized spacial score (nSPS) is 10.1. The van der Waals surface area contributed by atoms with Crippen molar-refractivity contribution in [2.24, 2.45) is 0 Å². The summed E-state index contributed by atoms with van der Waals surface area (Å²) in [5.41, 5.74) is -0.0776. The molecular weight excluding hydrogens is 228 g/mol. The third kappa shape index (κ3) is 4.06. The molecular formula is C11H15ClN2O2. The lowest BCUT2D eigenvalue weighted by Gasteiger charge is -2.06. The first-order chi connectivity index (χ1) is 7.63. The number of amides is 1. The molecule has 0 spiro atoms. The maximum atomic E-state index is 11.4. The maximum Gasteiger partial charge on any atom is 0.250 e. The van der Waals surface area contributed by atoms with Crippen molar-refractivity contribution in [3.8, 4) is 0 Å². The number of halogens is 1. The number of aromatic nitrogens is 1. The molecule has 0 saturated carbocycles. The second-order valence-electron chi connectivity index (χ2n) is 3.44. The number of pyridine rings is 1. The molecule has 5 heteroatoms. The Morgan fingerprint density at radius 3 is 2.94 bits per heavy atom. The van der Waals surface area contributed by atoms with Crippen LogP contribution in [0, 0.1) is 0 Å². The number of nitrogens with one attached hydrogen (secondary N) is 1. The van der Waals surface area contributed by atoms with Crippen LogP contribution in [-0.4, -0.2) is 17.0 Å². The van der Waals surface area contributed by atoms with Crippen molar-refractivity contribution in [3.05, 3.63) is 33.7 Å². The third-order valence-corrected chi connectivity index (χ3v) is 2.39. The Hall–Kier alpha value is -1.29. The predicted octanol–water partition coefficient (Wildman–Crippen LogP) is 1.42. The van der Waals surface area contributed by atoms with Gasteiger partial charge >= 0.3 is 0 Å². The van der Waals surface area contributed by atoms with Crippen molar-refractivity contribution in [1.82, 2.24) is 9.88 Å². The first-order valence-corrected chi connectivity index (χ1v) is 5.64. The second-order valence-corrected chi connectivity index (χ2v) is 3.87. The van der Waals surface area contributed by atoms with Crippen LogP contribution in [0.5, 0.6) is 0 Å². The van der Waals surface area contributed by atoms with E-state index in [0.29, 0.717) is 31.0 Å². The number of hydrogen-bond acceptors (Lipinski definition) is 2. The average Bonchev–Trinajstić information content (AvgIpc) is 2.28. The molecule has 88 valence electrons. The minimum atomic E-state index is -0.0776. The van der Waals surface area contributed by atoms with E-state index in [0.717, 1.165) is 0 Å². The zero-order valence-electron chi connectivity index (χ0n) is 9.20. The Kier molecular flexibility index (Phi) is 5.05. The molecule has 0 radical (unpaired) electrons. The highest BCUT2D eigenvalue weighted by atomic mass is 35.5. The van der Waals surface area contributed by atoms with Crippen molar-refractivity contribution in [1.29, 1.82) is 0 Å². The minimum Gasteiger partial charge on any atom is -0.356 e. The van der Waals surface area contributed by atoms with Gasteiger partial charge in [-0.2, -0.15) is 0 Å². The highest BCUT2D eigenvalue weighted by molar-refractivity contribution is 6.30. The van der Waals surface area contributed by atoms with Gasteiger partial charge in [0.1, 0.15) is 0 Å². The standard InChI is InChI=1S/C11H15ClN2O2/c1-2-10(15)13-6-3-7-14-8-9(12)4-5-11(14)16/h4-5,8H,2-3,6-7H2,1H3,(H,13,15). The Bertz CT molecular complexity index is 415. The summed E-state index contributed by atoms with van der Waals surface area (Å²) in [5.74, 6) is 0.0263. The van der Waals surface area contributed by atoms with Crippen LogP contribution in [0.3, 0.4) is 0 Å². The molecule has 0 aliphatic rings. The Balaban J connectivity index is 2.40. The van der Waals surface area contributed by atoms with E-state index in [1.165, 1.54) is 6.07 Å². The largest absolute Gasteiger partial charge is 0.356 e. The van der Waals surface area contributed by atoms with Crippen molar-refractivity contribution in [2.75, 3.05) is 6.54 Å². The molecule has 0 unspecified atom stereocenters. The average molecular weight is 243 g/mol. The van der Waals surface area contributed by atoms with Gasteiger partial charge in [-0.3, -0.25) is 9.59 Å². The fraction of sp³-hybridized carbons (Fsp3) is 0.455. The van der Waals surface area contributed by atoms with Crippen LogP contribution in [0.2, 0.25) is 5.02 Å². The van der Waals surface area contributed by atoms with E-state index in [-0.39, 0.29) is 11.5 Å². The van der Waals surface area contributed by atoms with Gasteiger partial charge in [-0.25, -0.2) is 0 Å². The highest BCUT2D eigenvalue weighted by Crippen LogP contribution is 2.03. The number of hydrogen-bond donors (Lipinski definition) is 1. The zero-order valence-corrected chi connectivity index (χ0v) is 9.96. The van der Waals surface area contributed by atoms with Crippen LogP contribution in [0.1, 0.15) is 19.8 Å². The molecule has 16 heavy (non-hydrogen) atoms.